The summed E-state index contributed by atoms with van der Waals surface area (Å²) in [7, 11) is 0. The van der Waals surface area contributed by atoms with Gasteiger partial charge < -0.3 is 10.2 Å². The molecule has 0 bridgehead atoms. The summed E-state index contributed by atoms with van der Waals surface area (Å²) in [4.78, 5) is 33.0. The first-order valence-electron chi connectivity index (χ1n) is 8.16. The van der Waals surface area contributed by atoms with Crippen LogP contribution in [0.5, 0.6) is 0 Å². The summed E-state index contributed by atoms with van der Waals surface area (Å²) in [5, 5.41) is 13.6. The average Bonchev–Trinajstić information content (AvgIpc) is 2.67. The lowest BCUT2D eigenvalue weighted by atomic mass is 9.97. The molecule has 3 heterocycles. The predicted molar refractivity (Wildman–Crippen MR) is 91.9 cm³/mol. The Morgan fingerprint density at radius 3 is 2.88 bits per heavy atom. The number of piperidine rings is 1. The monoisotopic (exact) mass is 341 g/mol. The molecule has 1 amide bonds. The fourth-order valence-electron chi connectivity index (χ4n) is 2.90. The molecule has 0 aliphatic carbocycles. The highest BCUT2D eigenvalue weighted by Gasteiger charge is 2.26. The molecule has 1 unspecified atom stereocenters. The maximum atomic E-state index is 12.4. The summed E-state index contributed by atoms with van der Waals surface area (Å²) in [6.45, 7) is 1.75. The molecule has 1 N–H and O–H groups in total. The molecule has 1 fully saturated rings. The van der Waals surface area contributed by atoms with Crippen LogP contribution in [0, 0.1) is 16.0 Å². The van der Waals surface area contributed by atoms with Crippen LogP contribution in [-0.4, -0.2) is 33.9 Å². The smallest absolute Gasteiger partial charge is 0.287 e. The molecule has 2 aromatic rings. The van der Waals surface area contributed by atoms with Crippen LogP contribution in [0.3, 0.4) is 0 Å². The number of nitrogens with one attached hydrogen (secondary N) is 1. The molecule has 0 saturated carbocycles. The molecule has 0 radical (unpaired) electrons. The lowest BCUT2D eigenvalue weighted by molar-refractivity contribution is -0.385. The van der Waals surface area contributed by atoms with E-state index in [9.17, 15) is 14.9 Å². The Labute approximate surface area is 145 Å². The number of hydrogen-bond acceptors (Lipinski definition) is 6. The number of amides is 1. The van der Waals surface area contributed by atoms with E-state index in [0.29, 0.717) is 18.9 Å². The van der Waals surface area contributed by atoms with Crippen LogP contribution in [0.4, 0.5) is 11.5 Å². The highest BCUT2D eigenvalue weighted by atomic mass is 16.6. The Bertz CT molecular complexity index is 736. The summed E-state index contributed by atoms with van der Waals surface area (Å²) in [5.41, 5.74) is 0.783. The minimum atomic E-state index is -0.471. The predicted octanol–water partition coefficient (Wildman–Crippen LogP) is 1.92. The van der Waals surface area contributed by atoms with Crippen molar-refractivity contribution in [2.24, 2.45) is 5.92 Å². The second kappa shape index (κ2) is 7.69. The van der Waals surface area contributed by atoms with Crippen LogP contribution >= 0.6 is 0 Å². The van der Waals surface area contributed by atoms with Crippen molar-refractivity contribution in [1.29, 1.82) is 0 Å². The van der Waals surface area contributed by atoms with Gasteiger partial charge in [-0.05, 0) is 31.0 Å². The van der Waals surface area contributed by atoms with Crippen LogP contribution in [-0.2, 0) is 11.3 Å². The number of hydrogen-bond donors (Lipinski definition) is 1. The number of anilines is 1. The first kappa shape index (κ1) is 16.8. The zero-order valence-electron chi connectivity index (χ0n) is 13.7. The SMILES string of the molecule is O=C(NCc1ccccn1)C1CCCN(c2ccc([N+](=O)[O-])cn2)C1. The van der Waals surface area contributed by atoms with Gasteiger partial charge in [0.2, 0.25) is 5.91 Å². The van der Waals surface area contributed by atoms with Crippen LogP contribution < -0.4 is 10.2 Å². The van der Waals surface area contributed by atoms with Crippen molar-refractivity contribution < 1.29 is 9.72 Å². The second-order valence-corrected chi connectivity index (χ2v) is 5.96. The highest BCUT2D eigenvalue weighted by Crippen LogP contribution is 2.23. The van der Waals surface area contributed by atoms with Gasteiger partial charge in [-0.25, -0.2) is 4.98 Å². The number of rotatable bonds is 5. The zero-order valence-corrected chi connectivity index (χ0v) is 13.7. The number of nitrogens with zero attached hydrogens (tertiary/aromatic N) is 4. The van der Waals surface area contributed by atoms with Crippen LogP contribution in [0.25, 0.3) is 0 Å². The minimum Gasteiger partial charge on any atom is -0.356 e. The van der Waals surface area contributed by atoms with Crippen molar-refractivity contribution in [1.82, 2.24) is 15.3 Å². The van der Waals surface area contributed by atoms with Gasteiger partial charge in [-0.2, -0.15) is 0 Å². The van der Waals surface area contributed by atoms with Gasteiger partial charge in [-0.3, -0.25) is 19.9 Å². The molecule has 1 aliphatic heterocycles. The van der Waals surface area contributed by atoms with E-state index in [1.54, 1.807) is 12.3 Å². The summed E-state index contributed by atoms with van der Waals surface area (Å²) in [6.07, 6.45) is 4.64. The van der Waals surface area contributed by atoms with Gasteiger partial charge >= 0.3 is 0 Å². The van der Waals surface area contributed by atoms with Crippen molar-refractivity contribution >= 4 is 17.4 Å². The van der Waals surface area contributed by atoms with Crippen molar-refractivity contribution in [3.05, 3.63) is 58.5 Å². The molecular weight excluding hydrogens is 322 g/mol. The third-order valence-electron chi connectivity index (χ3n) is 4.23. The number of pyridine rings is 2. The first-order chi connectivity index (χ1) is 12.1. The molecule has 0 spiro atoms. The van der Waals surface area contributed by atoms with Gasteiger partial charge in [0.05, 0.1) is 23.1 Å². The van der Waals surface area contributed by atoms with E-state index in [1.165, 1.54) is 12.3 Å². The molecule has 1 aliphatic rings. The molecule has 2 aromatic heterocycles. The van der Waals surface area contributed by atoms with Crippen molar-refractivity contribution in [3.8, 4) is 0 Å². The quantitative estimate of drug-likeness (QED) is 0.658. The van der Waals surface area contributed by atoms with E-state index >= 15 is 0 Å². The lowest BCUT2D eigenvalue weighted by Crippen LogP contribution is -2.43. The van der Waals surface area contributed by atoms with Crippen molar-refractivity contribution in [3.63, 3.8) is 0 Å². The number of nitro groups is 1. The van der Waals surface area contributed by atoms with Crippen LogP contribution in [0.15, 0.2) is 42.7 Å². The summed E-state index contributed by atoms with van der Waals surface area (Å²) in [6, 6.07) is 8.66. The van der Waals surface area contributed by atoms with E-state index in [1.807, 2.05) is 23.1 Å². The lowest BCUT2D eigenvalue weighted by Gasteiger charge is -2.32. The number of carbonyl (C=O) groups excluding carboxylic acids is 1. The molecule has 3 rings (SSSR count). The largest absolute Gasteiger partial charge is 0.356 e. The van der Waals surface area contributed by atoms with Gasteiger partial charge in [0, 0.05) is 25.4 Å². The van der Waals surface area contributed by atoms with Gasteiger partial charge in [0.25, 0.3) is 5.69 Å². The molecule has 8 nitrogen and oxygen atoms in total. The van der Waals surface area contributed by atoms with Gasteiger partial charge in [-0.15, -0.1) is 0 Å². The fourth-order valence-corrected chi connectivity index (χ4v) is 2.90. The Balaban J connectivity index is 1.58. The second-order valence-electron chi connectivity index (χ2n) is 5.96. The number of carbonyl (C=O) groups is 1. The van der Waals surface area contributed by atoms with E-state index in [0.717, 1.165) is 25.1 Å². The molecule has 1 saturated heterocycles. The summed E-state index contributed by atoms with van der Waals surface area (Å²) < 4.78 is 0. The Kier molecular flexibility index (Phi) is 5.17. The highest BCUT2D eigenvalue weighted by molar-refractivity contribution is 5.79. The molecule has 8 heteroatoms. The first-order valence-corrected chi connectivity index (χ1v) is 8.16. The molecule has 0 aromatic carbocycles. The summed E-state index contributed by atoms with van der Waals surface area (Å²) in [5.74, 6) is 0.527. The Morgan fingerprint density at radius 2 is 2.20 bits per heavy atom. The van der Waals surface area contributed by atoms with Crippen molar-refractivity contribution in [2.75, 3.05) is 18.0 Å². The topological polar surface area (TPSA) is 101 Å². The van der Waals surface area contributed by atoms with Crippen LogP contribution in [0.1, 0.15) is 18.5 Å². The Hall–Kier alpha value is -3.03. The van der Waals surface area contributed by atoms with E-state index in [4.69, 9.17) is 0 Å². The molecule has 1 atom stereocenters. The zero-order chi connectivity index (χ0) is 17.6. The maximum absolute atomic E-state index is 12.4. The molecular formula is C17H19N5O3. The third-order valence-corrected chi connectivity index (χ3v) is 4.23. The van der Waals surface area contributed by atoms with Gasteiger partial charge in [0.1, 0.15) is 12.0 Å². The fraction of sp³-hybridized carbons (Fsp3) is 0.353. The minimum absolute atomic E-state index is 0.00253. The normalized spacial score (nSPS) is 17.1. The van der Waals surface area contributed by atoms with E-state index in [2.05, 4.69) is 15.3 Å². The van der Waals surface area contributed by atoms with Gasteiger partial charge in [0.15, 0.2) is 0 Å². The standard InChI is InChI=1S/C17H19N5O3/c23-17(20-10-14-5-1-2-8-18-14)13-4-3-9-21(12-13)16-7-6-15(11-19-16)22(24)25/h1-2,5-8,11,13H,3-4,9-10,12H2,(H,20,23). The van der Waals surface area contributed by atoms with Crippen molar-refractivity contribution in [2.45, 2.75) is 19.4 Å². The Morgan fingerprint density at radius 1 is 1.32 bits per heavy atom. The van der Waals surface area contributed by atoms with E-state index in [-0.39, 0.29) is 17.5 Å². The summed E-state index contributed by atoms with van der Waals surface area (Å²) >= 11 is 0. The van der Waals surface area contributed by atoms with Gasteiger partial charge in [-0.1, -0.05) is 6.07 Å². The average molecular weight is 341 g/mol. The van der Waals surface area contributed by atoms with E-state index < -0.39 is 4.92 Å². The number of aromatic nitrogens is 2. The molecule has 130 valence electrons. The van der Waals surface area contributed by atoms with Crippen LogP contribution in [0.2, 0.25) is 0 Å². The maximum Gasteiger partial charge on any atom is 0.287 e. The molecule has 25 heavy (non-hydrogen) atoms. The third kappa shape index (κ3) is 4.28.